The standard InChI is InChI=1S/C14H22N2O2/c1-9-6-7-11(13(17)15-5)8-12(9)16-10(2)14(3,4)18/h6-8,10,16,18H,1-5H3,(H,15,17). The van der Waals surface area contributed by atoms with Gasteiger partial charge in [0.2, 0.25) is 0 Å². The van der Waals surface area contributed by atoms with Gasteiger partial charge in [0.15, 0.2) is 0 Å². The third-order valence-electron chi connectivity index (χ3n) is 3.16. The minimum absolute atomic E-state index is 0.115. The lowest BCUT2D eigenvalue weighted by molar-refractivity contribution is 0.0649. The molecular weight excluding hydrogens is 228 g/mol. The lowest BCUT2D eigenvalue weighted by atomic mass is 9.99. The van der Waals surface area contributed by atoms with Crippen molar-refractivity contribution in [2.45, 2.75) is 39.3 Å². The molecule has 0 aliphatic carbocycles. The maximum Gasteiger partial charge on any atom is 0.251 e. The highest BCUT2D eigenvalue weighted by Crippen LogP contribution is 2.21. The van der Waals surface area contributed by atoms with Gasteiger partial charge in [-0.05, 0) is 45.4 Å². The van der Waals surface area contributed by atoms with Crippen molar-refractivity contribution >= 4 is 11.6 Å². The van der Waals surface area contributed by atoms with E-state index in [1.807, 2.05) is 19.9 Å². The van der Waals surface area contributed by atoms with Crippen molar-refractivity contribution in [2.24, 2.45) is 0 Å². The monoisotopic (exact) mass is 250 g/mol. The van der Waals surface area contributed by atoms with Crippen LogP contribution in [0.4, 0.5) is 5.69 Å². The first-order valence-corrected chi connectivity index (χ1v) is 6.07. The molecular formula is C14H22N2O2. The van der Waals surface area contributed by atoms with Crippen molar-refractivity contribution in [2.75, 3.05) is 12.4 Å². The van der Waals surface area contributed by atoms with Crippen LogP contribution < -0.4 is 10.6 Å². The van der Waals surface area contributed by atoms with Gasteiger partial charge in [0.25, 0.3) is 5.91 Å². The second-order valence-electron chi connectivity index (χ2n) is 5.13. The Balaban J connectivity index is 2.98. The largest absolute Gasteiger partial charge is 0.388 e. The predicted molar refractivity (Wildman–Crippen MR) is 74.0 cm³/mol. The average molecular weight is 250 g/mol. The molecule has 1 rings (SSSR count). The van der Waals surface area contributed by atoms with E-state index in [9.17, 15) is 9.90 Å². The van der Waals surface area contributed by atoms with Crippen LogP contribution in [0.25, 0.3) is 0 Å². The molecule has 1 aromatic carbocycles. The summed E-state index contributed by atoms with van der Waals surface area (Å²) in [5, 5.41) is 15.8. The number of aryl methyl sites for hydroxylation is 1. The molecule has 0 heterocycles. The Morgan fingerprint density at radius 2 is 2.00 bits per heavy atom. The van der Waals surface area contributed by atoms with Crippen molar-refractivity contribution in [3.63, 3.8) is 0 Å². The zero-order chi connectivity index (χ0) is 13.9. The normalized spacial score (nSPS) is 13.0. The van der Waals surface area contributed by atoms with Gasteiger partial charge in [0, 0.05) is 18.3 Å². The third kappa shape index (κ3) is 3.47. The number of carbonyl (C=O) groups is 1. The number of aliphatic hydroxyl groups is 1. The van der Waals surface area contributed by atoms with Gasteiger partial charge in [-0.2, -0.15) is 0 Å². The predicted octanol–water partition coefficient (Wildman–Crippen LogP) is 1.93. The molecule has 0 spiro atoms. The van der Waals surface area contributed by atoms with Crippen LogP contribution in [0.3, 0.4) is 0 Å². The molecule has 1 atom stereocenters. The molecule has 0 aliphatic heterocycles. The second kappa shape index (κ2) is 5.40. The molecule has 1 amide bonds. The van der Waals surface area contributed by atoms with Crippen LogP contribution >= 0.6 is 0 Å². The van der Waals surface area contributed by atoms with E-state index in [0.29, 0.717) is 5.56 Å². The van der Waals surface area contributed by atoms with Crippen LogP contribution in [-0.2, 0) is 0 Å². The van der Waals surface area contributed by atoms with Gasteiger partial charge in [-0.3, -0.25) is 4.79 Å². The lowest BCUT2D eigenvalue weighted by Gasteiger charge is -2.28. The number of benzene rings is 1. The van der Waals surface area contributed by atoms with Crippen molar-refractivity contribution in [3.05, 3.63) is 29.3 Å². The molecule has 0 aliphatic rings. The number of hydrogen-bond donors (Lipinski definition) is 3. The Morgan fingerprint density at radius 3 is 2.50 bits per heavy atom. The summed E-state index contributed by atoms with van der Waals surface area (Å²) >= 11 is 0. The van der Waals surface area contributed by atoms with Crippen LogP contribution in [0, 0.1) is 6.92 Å². The minimum Gasteiger partial charge on any atom is -0.388 e. The van der Waals surface area contributed by atoms with E-state index in [1.165, 1.54) is 0 Å². The Kier molecular flexibility index (Phi) is 4.35. The van der Waals surface area contributed by atoms with Gasteiger partial charge in [-0.25, -0.2) is 0 Å². The first-order valence-electron chi connectivity index (χ1n) is 6.07. The van der Waals surface area contributed by atoms with Crippen LogP contribution in [-0.4, -0.2) is 29.7 Å². The molecule has 0 saturated carbocycles. The van der Waals surface area contributed by atoms with Crippen molar-refractivity contribution in [3.8, 4) is 0 Å². The fraction of sp³-hybridized carbons (Fsp3) is 0.500. The molecule has 3 N–H and O–H groups in total. The van der Waals surface area contributed by atoms with Gasteiger partial charge < -0.3 is 15.7 Å². The van der Waals surface area contributed by atoms with E-state index in [-0.39, 0.29) is 11.9 Å². The molecule has 1 aromatic rings. The van der Waals surface area contributed by atoms with E-state index >= 15 is 0 Å². The first-order chi connectivity index (χ1) is 8.25. The van der Waals surface area contributed by atoms with E-state index in [0.717, 1.165) is 11.3 Å². The number of hydrogen-bond acceptors (Lipinski definition) is 3. The third-order valence-corrected chi connectivity index (χ3v) is 3.16. The Hall–Kier alpha value is -1.55. The van der Waals surface area contributed by atoms with E-state index in [2.05, 4.69) is 10.6 Å². The molecule has 1 unspecified atom stereocenters. The number of rotatable bonds is 4. The average Bonchev–Trinajstić information content (AvgIpc) is 2.29. The summed E-state index contributed by atoms with van der Waals surface area (Å²) in [7, 11) is 1.61. The van der Waals surface area contributed by atoms with Gasteiger partial charge in [0.05, 0.1) is 11.6 Å². The topological polar surface area (TPSA) is 61.4 Å². The van der Waals surface area contributed by atoms with E-state index < -0.39 is 5.60 Å². The second-order valence-corrected chi connectivity index (χ2v) is 5.13. The maximum absolute atomic E-state index is 11.6. The molecule has 18 heavy (non-hydrogen) atoms. The summed E-state index contributed by atoms with van der Waals surface area (Å²) in [6.45, 7) is 7.38. The quantitative estimate of drug-likeness (QED) is 0.765. The zero-order valence-corrected chi connectivity index (χ0v) is 11.7. The van der Waals surface area contributed by atoms with Crippen LogP contribution in [0.15, 0.2) is 18.2 Å². The zero-order valence-electron chi connectivity index (χ0n) is 11.7. The highest BCUT2D eigenvalue weighted by atomic mass is 16.3. The van der Waals surface area contributed by atoms with Crippen LogP contribution in [0.1, 0.15) is 36.7 Å². The first kappa shape index (κ1) is 14.5. The summed E-state index contributed by atoms with van der Waals surface area (Å²) < 4.78 is 0. The molecule has 0 bridgehead atoms. The summed E-state index contributed by atoms with van der Waals surface area (Å²) in [5.74, 6) is -0.117. The van der Waals surface area contributed by atoms with Crippen LogP contribution in [0.2, 0.25) is 0 Å². The Morgan fingerprint density at radius 1 is 1.39 bits per heavy atom. The number of anilines is 1. The number of carbonyl (C=O) groups excluding carboxylic acids is 1. The molecule has 0 fully saturated rings. The van der Waals surface area contributed by atoms with E-state index in [1.54, 1.807) is 33.0 Å². The number of nitrogens with one attached hydrogen (secondary N) is 2. The van der Waals surface area contributed by atoms with Crippen LogP contribution in [0.5, 0.6) is 0 Å². The molecule has 100 valence electrons. The Labute approximate surface area is 108 Å². The van der Waals surface area contributed by atoms with Crippen molar-refractivity contribution < 1.29 is 9.90 Å². The lowest BCUT2D eigenvalue weighted by Crippen LogP contribution is -2.39. The van der Waals surface area contributed by atoms with Gasteiger partial charge in [-0.15, -0.1) is 0 Å². The summed E-state index contributed by atoms with van der Waals surface area (Å²) in [6.07, 6.45) is 0. The Bertz CT molecular complexity index is 436. The highest BCUT2D eigenvalue weighted by Gasteiger charge is 2.22. The van der Waals surface area contributed by atoms with Crippen molar-refractivity contribution in [1.29, 1.82) is 0 Å². The maximum atomic E-state index is 11.6. The summed E-state index contributed by atoms with van der Waals surface area (Å²) in [6, 6.07) is 5.37. The molecule has 4 heteroatoms. The summed E-state index contributed by atoms with van der Waals surface area (Å²) in [4.78, 5) is 11.6. The van der Waals surface area contributed by atoms with Gasteiger partial charge in [0.1, 0.15) is 0 Å². The fourth-order valence-corrected chi connectivity index (χ4v) is 1.47. The fourth-order valence-electron chi connectivity index (χ4n) is 1.47. The van der Waals surface area contributed by atoms with Gasteiger partial charge in [-0.1, -0.05) is 6.07 Å². The summed E-state index contributed by atoms with van der Waals surface area (Å²) in [5.41, 5.74) is 1.69. The number of amides is 1. The van der Waals surface area contributed by atoms with E-state index in [4.69, 9.17) is 0 Å². The molecule has 4 nitrogen and oxygen atoms in total. The molecule has 0 radical (unpaired) electrons. The molecule has 0 saturated heterocycles. The molecule has 0 aromatic heterocycles. The van der Waals surface area contributed by atoms with Gasteiger partial charge >= 0.3 is 0 Å². The minimum atomic E-state index is -0.824. The van der Waals surface area contributed by atoms with Crippen molar-refractivity contribution in [1.82, 2.24) is 5.32 Å². The highest BCUT2D eigenvalue weighted by molar-refractivity contribution is 5.95. The smallest absolute Gasteiger partial charge is 0.251 e. The SMILES string of the molecule is CNC(=O)c1ccc(C)c(NC(C)C(C)(C)O)c1.